The molecule has 17 heavy (non-hydrogen) atoms. The number of aromatic nitrogens is 3. The van der Waals surface area contributed by atoms with Gasteiger partial charge >= 0.3 is 0 Å². The molecule has 1 aromatic heterocycles. The van der Waals surface area contributed by atoms with Crippen molar-refractivity contribution in [2.75, 3.05) is 6.54 Å². The van der Waals surface area contributed by atoms with Crippen LogP contribution in [0.1, 0.15) is 45.4 Å². The van der Waals surface area contributed by atoms with Gasteiger partial charge in [0.15, 0.2) is 0 Å². The van der Waals surface area contributed by atoms with Gasteiger partial charge in [-0.3, -0.25) is 4.68 Å². The molecule has 0 aliphatic heterocycles. The molecule has 1 saturated carbocycles. The number of nitrogens with one attached hydrogen (secondary N) is 1. The van der Waals surface area contributed by atoms with E-state index in [1.54, 1.807) is 6.20 Å². The van der Waals surface area contributed by atoms with Crippen molar-refractivity contribution < 1.29 is 0 Å². The topological polar surface area (TPSA) is 42.7 Å². The molecule has 1 aliphatic carbocycles. The van der Waals surface area contributed by atoms with Gasteiger partial charge < -0.3 is 5.32 Å². The number of aryl methyl sites for hydroxylation is 1. The molecular formula is C13H24N4. The second-order valence-electron chi connectivity index (χ2n) is 5.28. The molecule has 2 rings (SSSR count). The molecule has 4 heteroatoms. The lowest BCUT2D eigenvalue weighted by Gasteiger charge is -2.16. The third kappa shape index (κ3) is 4.46. The zero-order valence-electron chi connectivity index (χ0n) is 10.8. The van der Waals surface area contributed by atoms with Crippen molar-refractivity contribution in [3.05, 3.63) is 12.4 Å². The van der Waals surface area contributed by atoms with Crippen LogP contribution in [0, 0.1) is 5.92 Å². The Bertz CT molecular complexity index is 296. The zero-order chi connectivity index (χ0) is 11.9. The van der Waals surface area contributed by atoms with Gasteiger partial charge in [0.2, 0.25) is 0 Å². The summed E-state index contributed by atoms with van der Waals surface area (Å²) in [6, 6.07) is 0.746. The van der Waals surface area contributed by atoms with Crippen LogP contribution in [0.4, 0.5) is 0 Å². The van der Waals surface area contributed by atoms with Crippen LogP contribution >= 0.6 is 0 Å². The largest absolute Gasteiger partial charge is 0.314 e. The van der Waals surface area contributed by atoms with Crippen LogP contribution in [0.5, 0.6) is 0 Å². The van der Waals surface area contributed by atoms with Crippen LogP contribution in [-0.2, 0) is 6.54 Å². The van der Waals surface area contributed by atoms with E-state index >= 15 is 0 Å². The summed E-state index contributed by atoms with van der Waals surface area (Å²) in [7, 11) is 0. The highest BCUT2D eigenvalue weighted by molar-refractivity contribution is 4.73. The van der Waals surface area contributed by atoms with E-state index in [4.69, 9.17) is 0 Å². The monoisotopic (exact) mass is 236 g/mol. The molecule has 1 fully saturated rings. The molecule has 0 aromatic carbocycles. The van der Waals surface area contributed by atoms with Crippen LogP contribution < -0.4 is 5.32 Å². The molecule has 4 nitrogen and oxygen atoms in total. The predicted molar refractivity (Wildman–Crippen MR) is 68.7 cm³/mol. The Labute approximate surface area is 104 Å². The highest BCUT2D eigenvalue weighted by atomic mass is 15.4. The molecule has 0 amide bonds. The van der Waals surface area contributed by atoms with Crippen LogP contribution in [0.15, 0.2) is 12.4 Å². The van der Waals surface area contributed by atoms with E-state index in [-0.39, 0.29) is 0 Å². The van der Waals surface area contributed by atoms with E-state index in [1.807, 2.05) is 10.9 Å². The van der Waals surface area contributed by atoms with Crippen molar-refractivity contribution >= 4 is 0 Å². The van der Waals surface area contributed by atoms with Gasteiger partial charge in [0, 0.05) is 18.8 Å². The van der Waals surface area contributed by atoms with Gasteiger partial charge in [0.05, 0.1) is 6.20 Å². The van der Waals surface area contributed by atoms with Gasteiger partial charge in [-0.05, 0) is 38.1 Å². The molecule has 0 saturated heterocycles. The summed E-state index contributed by atoms with van der Waals surface area (Å²) in [5.41, 5.74) is 0. The highest BCUT2D eigenvalue weighted by Crippen LogP contribution is 2.22. The Morgan fingerprint density at radius 3 is 3.06 bits per heavy atom. The summed E-state index contributed by atoms with van der Waals surface area (Å²) in [6.07, 6.45) is 11.7. The fraction of sp³-hybridized carbons (Fsp3) is 0.846. The van der Waals surface area contributed by atoms with Crippen molar-refractivity contribution in [2.24, 2.45) is 5.92 Å². The zero-order valence-corrected chi connectivity index (χ0v) is 10.8. The first kappa shape index (κ1) is 12.6. The van der Waals surface area contributed by atoms with Gasteiger partial charge in [0.25, 0.3) is 0 Å². The second-order valence-corrected chi connectivity index (χ2v) is 5.28. The third-order valence-electron chi connectivity index (χ3n) is 3.73. The standard InChI is InChI=1S/C13H24N4/c1-12-4-2-5-13(7-6-12)14-8-3-10-17-11-9-15-16-17/h9,11-14H,2-8,10H2,1H3. The minimum atomic E-state index is 0.746. The fourth-order valence-corrected chi connectivity index (χ4v) is 2.59. The molecule has 2 unspecified atom stereocenters. The summed E-state index contributed by atoms with van der Waals surface area (Å²) in [6.45, 7) is 4.45. The normalized spacial score (nSPS) is 25.7. The maximum absolute atomic E-state index is 3.96. The van der Waals surface area contributed by atoms with Crippen LogP contribution in [0.25, 0.3) is 0 Å². The SMILES string of the molecule is CC1CCCC(NCCCn2ccnn2)CC1. The van der Waals surface area contributed by atoms with Gasteiger partial charge in [-0.25, -0.2) is 0 Å². The molecular weight excluding hydrogens is 212 g/mol. The summed E-state index contributed by atoms with van der Waals surface area (Å²) >= 11 is 0. The Morgan fingerprint density at radius 2 is 2.24 bits per heavy atom. The van der Waals surface area contributed by atoms with Crippen LogP contribution in [0.3, 0.4) is 0 Å². The van der Waals surface area contributed by atoms with Crippen molar-refractivity contribution in [2.45, 2.75) is 58.0 Å². The molecule has 96 valence electrons. The van der Waals surface area contributed by atoms with Gasteiger partial charge in [-0.1, -0.05) is 25.0 Å². The average molecular weight is 236 g/mol. The highest BCUT2D eigenvalue weighted by Gasteiger charge is 2.14. The lowest BCUT2D eigenvalue weighted by molar-refractivity contribution is 0.431. The van der Waals surface area contributed by atoms with Crippen molar-refractivity contribution in [1.29, 1.82) is 0 Å². The van der Waals surface area contributed by atoms with Crippen LogP contribution in [0.2, 0.25) is 0 Å². The maximum Gasteiger partial charge on any atom is 0.0692 e. The number of rotatable bonds is 5. The van der Waals surface area contributed by atoms with Gasteiger partial charge in [-0.2, -0.15) is 0 Å². The minimum absolute atomic E-state index is 0.746. The molecule has 0 bridgehead atoms. The summed E-state index contributed by atoms with van der Waals surface area (Å²) < 4.78 is 1.90. The lowest BCUT2D eigenvalue weighted by Crippen LogP contribution is -2.30. The minimum Gasteiger partial charge on any atom is -0.314 e. The molecule has 0 radical (unpaired) electrons. The molecule has 1 N–H and O–H groups in total. The van der Waals surface area contributed by atoms with Crippen LogP contribution in [-0.4, -0.2) is 27.6 Å². The molecule has 1 aromatic rings. The van der Waals surface area contributed by atoms with Crippen molar-refractivity contribution in [1.82, 2.24) is 20.3 Å². The Balaban J connectivity index is 1.58. The number of nitrogens with zero attached hydrogens (tertiary/aromatic N) is 3. The Hall–Kier alpha value is -0.900. The predicted octanol–water partition coefficient (Wildman–Crippen LogP) is 2.23. The van der Waals surface area contributed by atoms with E-state index in [0.29, 0.717) is 0 Å². The quantitative estimate of drug-likeness (QED) is 0.629. The molecule has 0 spiro atoms. The second kappa shape index (κ2) is 6.74. The van der Waals surface area contributed by atoms with Crippen molar-refractivity contribution in [3.63, 3.8) is 0 Å². The average Bonchev–Trinajstić information content (AvgIpc) is 2.75. The summed E-state index contributed by atoms with van der Waals surface area (Å²) in [5, 5.41) is 11.5. The molecule has 2 atom stereocenters. The first-order valence-electron chi connectivity index (χ1n) is 6.92. The summed E-state index contributed by atoms with van der Waals surface area (Å²) in [4.78, 5) is 0. The van der Waals surface area contributed by atoms with Crippen molar-refractivity contribution in [3.8, 4) is 0 Å². The van der Waals surface area contributed by atoms with E-state index in [0.717, 1.165) is 31.5 Å². The van der Waals surface area contributed by atoms with E-state index < -0.39 is 0 Å². The molecule has 1 heterocycles. The number of hydrogen-bond donors (Lipinski definition) is 1. The van der Waals surface area contributed by atoms with Gasteiger partial charge in [-0.15, -0.1) is 5.10 Å². The molecule has 1 aliphatic rings. The first-order valence-corrected chi connectivity index (χ1v) is 6.92. The maximum atomic E-state index is 3.96. The third-order valence-corrected chi connectivity index (χ3v) is 3.73. The van der Waals surface area contributed by atoms with E-state index in [9.17, 15) is 0 Å². The Morgan fingerprint density at radius 1 is 1.29 bits per heavy atom. The first-order chi connectivity index (χ1) is 8.34. The lowest BCUT2D eigenvalue weighted by atomic mass is 10.0. The van der Waals surface area contributed by atoms with E-state index in [1.165, 1.54) is 32.1 Å². The van der Waals surface area contributed by atoms with Gasteiger partial charge in [0.1, 0.15) is 0 Å². The smallest absolute Gasteiger partial charge is 0.0692 e. The van der Waals surface area contributed by atoms with E-state index in [2.05, 4.69) is 22.6 Å². The Kier molecular flexibility index (Phi) is 4.98. The number of hydrogen-bond acceptors (Lipinski definition) is 3. The summed E-state index contributed by atoms with van der Waals surface area (Å²) in [5.74, 6) is 0.928. The fourth-order valence-electron chi connectivity index (χ4n) is 2.59.